The van der Waals surface area contributed by atoms with Crippen LogP contribution in [-0.4, -0.2) is 22.1 Å². The Bertz CT molecular complexity index is 420. The summed E-state index contributed by atoms with van der Waals surface area (Å²) in [5.74, 6) is 0.681. The van der Waals surface area contributed by atoms with Crippen LogP contribution in [0.25, 0.3) is 0 Å². The van der Waals surface area contributed by atoms with Crippen LogP contribution in [0.1, 0.15) is 55.7 Å². The van der Waals surface area contributed by atoms with Crippen molar-refractivity contribution in [2.45, 2.75) is 45.6 Å². The van der Waals surface area contributed by atoms with Gasteiger partial charge in [0, 0.05) is 12.0 Å². The van der Waals surface area contributed by atoms with Crippen molar-refractivity contribution < 1.29 is 4.79 Å². The van der Waals surface area contributed by atoms with Crippen LogP contribution in [0.15, 0.2) is 0 Å². The molecule has 5 nitrogen and oxygen atoms in total. The monoisotopic (exact) mass is 236 g/mol. The smallest absolute Gasteiger partial charge is 0.274 e. The van der Waals surface area contributed by atoms with Crippen molar-refractivity contribution in [1.82, 2.24) is 15.5 Å². The maximum absolute atomic E-state index is 12.0. The molecule has 1 atom stereocenters. The molecular formula is C12H20N4O. The third-order valence-corrected chi connectivity index (χ3v) is 3.39. The van der Waals surface area contributed by atoms with E-state index in [2.05, 4.69) is 29.4 Å². The molecule has 1 amide bonds. The fraction of sp³-hybridized carbons (Fsp3) is 0.667. The van der Waals surface area contributed by atoms with Gasteiger partial charge in [0.15, 0.2) is 5.69 Å². The minimum atomic E-state index is -0.188. The van der Waals surface area contributed by atoms with Crippen LogP contribution in [0.2, 0.25) is 0 Å². The van der Waals surface area contributed by atoms with E-state index in [1.165, 1.54) is 0 Å². The van der Waals surface area contributed by atoms with Gasteiger partial charge in [-0.25, -0.2) is 0 Å². The summed E-state index contributed by atoms with van der Waals surface area (Å²) in [7, 11) is 0. The summed E-state index contributed by atoms with van der Waals surface area (Å²) in [6.07, 6.45) is 2.27. The maximum atomic E-state index is 12.0. The van der Waals surface area contributed by atoms with E-state index in [1.807, 2.05) is 6.92 Å². The van der Waals surface area contributed by atoms with E-state index in [-0.39, 0.29) is 11.9 Å². The van der Waals surface area contributed by atoms with Crippen LogP contribution in [0, 0.1) is 5.92 Å². The highest BCUT2D eigenvalue weighted by molar-refractivity contribution is 5.97. The molecule has 1 fully saturated rings. The molecule has 2 rings (SSSR count). The molecule has 94 valence electrons. The highest BCUT2D eigenvalue weighted by atomic mass is 16.2. The molecule has 0 spiro atoms. The van der Waals surface area contributed by atoms with Crippen molar-refractivity contribution in [3.63, 3.8) is 0 Å². The van der Waals surface area contributed by atoms with Gasteiger partial charge in [-0.15, -0.1) is 0 Å². The number of carbonyl (C=O) groups excluding carboxylic acids is 1. The Morgan fingerprint density at radius 2 is 2.12 bits per heavy atom. The molecule has 1 saturated carbocycles. The Balaban J connectivity index is 2.08. The van der Waals surface area contributed by atoms with Crippen molar-refractivity contribution in [2.24, 2.45) is 5.92 Å². The number of nitrogens with two attached hydrogens (primary N) is 1. The van der Waals surface area contributed by atoms with Crippen LogP contribution in [0.3, 0.4) is 0 Å². The molecule has 0 aromatic carbocycles. The molecule has 5 heteroatoms. The number of nitrogens with zero attached hydrogens (tertiary/aromatic N) is 1. The number of aromatic amines is 1. The van der Waals surface area contributed by atoms with Gasteiger partial charge in [-0.2, -0.15) is 5.10 Å². The second kappa shape index (κ2) is 4.39. The molecule has 17 heavy (non-hydrogen) atoms. The summed E-state index contributed by atoms with van der Waals surface area (Å²) < 4.78 is 0. The summed E-state index contributed by atoms with van der Waals surface area (Å²) >= 11 is 0. The molecule has 1 aliphatic carbocycles. The van der Waals surface area contributed by atoms with Crippen molar-refractivity contribution in [2.75, 3.05) is 5.73 Å². The van der Waals surface area contributed by atoms with Crippen molar-refractivity contribution in [3.05, 3.63) is 11.4 Å². The molecular weight excluding hydrogens is 216 g/mol. The third-order valence-electron chi connectivity index (χ3n) is 3.39. The summed E-state index contributed by atoms with van der Waals surface area (Å²) in [5, 5.41) is 9.82. The van der Waals surface area contributed by atoms with Crippen molar-refractivity contribution in [3.8, 4) is 0 Å². The topological polar surface area (TPSA) is 83.8 Å². The lowest BCUT2D eigenvalue weighted by Gasteiger charge is -2.16. The molecule has 1 heterocycles. The molecule has 0 radical (unpaired) electrons. The van der Waals surface area contributed by atoms with Crippen LogP contribution in [-0.2, 0) is 0 Å². The summed E-state index contributed by atoms with van der Waals surface area (Å²) in [5.41, 5.74) is 7.71. The van der Waals surface area contributed by atoms with Crippen LogP contribution in [0.5, 0.6) is 0 Å². The van der Waals surface area contributed by atoms with Gasteiger partial charge in [-0.05, 0) is 25.7 Å². The number of hydrogen-bond donors (Lipinski definition) is 3. The predicted molar refractivity (Wildman–Crippen MR) is 66.7 cm³/mol. The number of anilines is 1. The Hall–Kier alpha value is -1.52. The number of H-pyrrole nitrogens is 1. The fourth-order valence-corrected chi connectivity index (χ4v) is 1.66. The maximum Gasteiger partial charge on any atom is 0.274 e. The first-order valence-electron chi connectivity index (χ1n) is 6.15. The molecule has 0 aliphatic heterocycles. The summed E-state index contributed by atoms with van der Waals surface area (Å²) in [4.78, 5) is 12.0. The van der Waals surface area contributed by atoms with Gasteiger partial charge in [0.1, 0.15) is 0 Å². The first-order chi connectivity index (χ1) is 8.00. The third kappa shape index (κ3) is 2.43. The average Bonchev–Trinajstić information content (AvgIpc) is 3.02. The summed E-state index contributed by atoms with van der Waals surface area (Å²) in [6.45, 7) is 6.11. The fourth-order valence-electron chi connectivity index (χ4n) is 1.66. The lowest BCUT2D eigenvalue weighted by atomic mass is 10.1. The van der Waals surface area contributed by atoms with E-state index in [0.29, 0.717) is 23.2 Å². The largest absolute Gasteiger partial charge is 0.395 e. The minimum absolute atomic E-state index is 0.114. The van der Waals surface area contributed by atoms with Crippen LogP contribution < -0.4 is 11.1 Å². The quantitative estimate of drug-likeness (QED) is 0.743. The van der Waals surface area contributed by atoms with Gasteiger partial charge in [-0.3, -0.25) is 9.89 Å². The molecule has 1 aromatic heterocycles. The van der Waals surface area contributed by atoms with Crippen molar-refractivity contribution in [1.29, 1.82) is 0 Å². The minimum Gasteiger partial charge on any atom is -0.395 e. The number of rotatable bonds is 4. The van der Waals surface area contributed by atoms with Crippen LogP contribution in [0.4, 0.5) is 5.69 Å². The number of nitrogens with one attached hydrogen (secondary N) is 2. The Morgan fingerprint density at radius 1 is 1.47 bits per heavy atom. The first-order valence-corrected chi connectivity index (χ1v) is 6.15. The Morgan fingerprint density at radius 3 is 2.65 bits per heavy atom. The zero-order valence-electron chi connectivity index (χ0n) is 10.6. The lowest BCUT2D eigenvalue weighted by molar-refractivity contribution is 0.0926. The molecule has 4 N–H and O–H groups in total. The number of hydrogen-bond acceptors (Lipinski definition) is 3. The standard InChI is InChI=1S/C12H20N4O/c1-6(2)7(3)14-12(17)11-9(13)10(15-16-11)8-4-5-8/h6-8H,4-5,13H2,1-3H3,(H,14,17)(H,15,16). The number of carbonyl (C=O) groups is 1. The molecule has 0 bridgehead atoms. The van der Waals surface area contributed by atoms with Gasteiger partial charge >= 0.3 is 0 Å². The average molecular weight is 236 g/mol. The molecule has 1 aromatic rings. The molecule has 1 unspecified atom stereocenters. The second-order valence-corrected chi connectivity index (χ2v) is 5.18. The molecule has 0 saturated heterocycles. The normalized spacial score (nSPS) is 17.2. The van der Waals surface area contributed by atoms with Gasteiger partial charge in [0.25, 0.3) is 5.91 Å². The van der Waals surface area contributed by atoms with E-state index >= 15 is 0 Å². The first kappa shape index (κ1) is 12.0. The Kier molecular flexibility index (Phi) is 3.09. The van der Waals surface area contributed by atoms with Gasteiger partial charge in [0.2, 0.25) is 0 Å². The highest BCUT2D eigenvalue weighted by Crippen LogP contribution is 2.42. The van der Waals surface area contributed by atoms with Gasteiger partial charge in [-0.1, -0.05) is 13.8 Å². The van der Waals surface area contributed by atoms with Crippen molar-refractivity contribution >= 4 is 11.6 Å². The Labute approximate surface area is 101 Å². The zero-order chi connectivity index (χ0) is 12.6. The second-order valence-electron chi connectivity index (χ2n) is 5.18. The number of nitrogen functional groups attached to an aromatic ring is 1. The van der Waals surface area contributed by atoms with E-state index in [9.17, 15) is 4.79 Å². The van der Waals surface area contributed by atoms with Gasteiger partial charge < -0.3 is 11.1 Å². The van der Waals surface area contributed by atoms with Gasteiger partial charge in [0.05, 0.1) is 11.4 Å². The number of aromatic nitrogens is 2. The molecule has 1 aliphatic rings. The van der Waals surface area contributed by atoms with E-state index in [4.69, 9.17) is 5.73 Å². The number of amides is 1. The van der Waals surface area contributed by atoms with E-state index in [0.717, 1.165) is 18.5 Å². The van der Waals surface area contributed by atoms with E-state index < -0.39 is 0 Å². The summed E-state index contributed by atoms with van der Waals surface area (Å²) in [6, 6.07) is 0.114. The zero-order valence-corrected chi connectivity index (χ0v) is 10.6. The van der Waals surface area contributed by atoms with Crippen LogP contribution >= 0.6 is 0 Å². The highest BCUT2D eigenvalue weighted by Gasteiger charge is 2.30. The predicted octanol–water partition coefficient (Wildman–Crippen LogP) is 1.64. The lowest BCUT2D eigenvalue weighted by Crippen LogP contribution is -2.36. The SMILES string of the molecule is CC(C)C(C)NC(=O)c1n[nH]c(C2CC2)c1N. The van der Waals surface area contributed by atoms with E-state index in [1.54, 1.807) is 0 Å².